The molecule has 1 aromatic carbocycles. The lowest BCUT2D eigenvalue weighted by molar-refractivity contribution is 1.01. The summed E-state index contributed by atoms with van der Waals surface area (Å²) >= 11 is 3.17. The van der Waals surface area contributed by atoms with Crippen LogP contribution in [0, 0.1) is 13.8 Å². The number of nitrogens with one attached hydrogen (secondary N) is 1. The Hall–Kier alpha value is -1.79. The molecule has 0 aliphatic heterocycles. The van der Waals surface area contributed by atoms with Crippen LogP contribution in [0.3, 0.4) is 0 Å². The number of aryl methyl sites for hydroxylation is 2. The van der Waals surface area contributed by atoms with Crippen LogP contribution in [0.1, 0.15) is 15.6 Å². The smallest absolute Gasteiger partial charge is 0.202 e. The van der Waals surface area contributed by atoms with E-state index in [1.54, 1.807) is 11.3 Å². The minimum atomic E-state index is 0.785. The molecule has 0 spiro atoms. The monoisotopic (exact) mass is 316 g/mol. The Morgan fingerprint density at radius 1 is 1.10 bits per heavy atom. The highest BCUT2D eigenvalue weighted by Crippen LogP contribution is 2.21. The Kier molecular flexibility index (Phi) is 4.26. The molecule has 4 nitrogen and oxygen atoms in total. The van der Waals surface area contributed by atoms with E-state index in [-0.39, 0.29) is 0 Å². The van der Waals surface area contributed by atoms with Crippen molar-refractivity contribution < 1.29 is 0 Å². The van der Waals surface area contributed by atoms with Crippen LogP contribution in [0.25, 0.3) is 11.4 Å². The summed E-state index contributed by atoms with van der Waals surface area (Å²) in [5.74, 6) is 0.785. The summed E-state index contributed by atoms with van der Waals surface area (Å²) < 4.78 is 4.39. The zero-order valence-corrected chi connectivity index (χ0v) is 13.6. The third-order valence-corrected chi connectivity index (χ3v) is 4.89. The van der Waals surface area contributed by atoms with Crippen LogP contribution in [0.4, 0.5) is 5.13 Å². The van der Waals surface area contributed by atoms with Crippen molar-refractivity contribution in [3.05, 3.63) is 45.9 Å². The minimum Gasteiger partial charge on any atom is -0.360 e. The predicted molar refractivity (Wildman–Crippen MR) is 89.1 cm³/mol. The van der Waals surface area contributed by atoms with Gasteiger partial charge < -0.3 is 5.32 Å². The second-order valence-electron chi connectivity index (χ2n) is 4.71. The molecule has 0 aliphatic carbocycles. The molecule has 108 valence electrons. The Labute approximate surface area is 132 Å². The topological polar surface area (TPSA) is 50.7 Å². The normalized spacial score (nSPS) is 10.8. The number of nitrogens with zero attached hydrogens (tertiary/aromatic N) is 3. The van der Waals surface area contributed by atoms with Gasteiger partial charge in [0.1, 0.15) is 0 Å². The van der Waals surface area contributed by atoms with E-state index in [0.717, 1.165) is 40.2 Å². The number of anilines is 1. The van der Waals surface area contributed by atoms with Crippen molar-refractivity contribution >= 4 is 28.0 Å². The van der Waals surface area contributed by atoms with Gasteiger partial charge in [-0.15, -0.1) is 11.3 Å². The van der Waals surface area contributed by atoms with Crippen molar-refractivity contribution in [1.29, 1.82) is 0 Å². The first-order chi connectivity index (χ1) is 10.2. The fraction of sp³-hybridized carbons (Fsp3) is 0.267. The summed E-state index contributed by atoms with van der Waals surface area (Å²) in [6.07, 6.45) is 0.970. The highest BCUT2D eigenvalue weighted by atomic mass is 32.1. The highest BCUT2D eigenvalue weighted by Gasteiger charge is 2.07. The molecule has 0 bridgehead atoms. The van der Waals surface area contributed by atoms with Crippen LogP contribution in [-0.4, -0.2) is 20.9 Å². The highest BCUT2D eigenvalue weighted by molar-refractivity contribution is 7.11. The zero-order chi connectivity index (χ0) is 14.7. The number of rotatable bonds is 5. The molecule has 2 heterocycles. The van der Waals surface area contributed by atoms with Crippen LogP contribution in [0.2, 0.25) is 0 Å². The van der Waals surface area contributed by atoms with Crippen molar-refractivity contribution in [3.8, 4) is 11.4 Å². The first-order valence-corrected chi connectivity index (χ1v) is 8.37. The van der Waals surface area contributed by atoms with Crippen LogP contribution >= 0.6 is 22.9 Å². The molecule has 1 N–H and O–H groups in total. The van der Waals surface area contributed by atoms with E-state index in [9.17, 15) is 0 Å². The quantitative estimate of drug-likeness (QED) is 0.775. The van der Waals surface area contributed by atoms with Crippen molar-refractivity contribution in [2.75, 3.05) is 11.9 Å². The average Bonchev–Trinajstić information content (AvgIpc) is 3.07. The van der Waals surface area contributed by atoms with Gasteiger partial charge in [-0.3, -0.25) is 0 Å². The van der Waals surface area contributed by atoms with E-state index in [2.05, 4.69) is 26.6 Å². The van der Waals surface area contributed by atoms with Gasteiger partial charge in [-0.05, 0) is 13.8 Å². The van der Waals surface area contributed by atoms with Crippen LogP contribution in [0.5, 0.6) is 0 Å². The summed E-state index contributed by atoms with van der Waals surface area (Å²) in [5, 5.41) is 5.34. The van der Waals surface area contributed by atoms with Gasteiger partial charge in [0.05, 0.1) is 10.7 Å². The zero-order valence-electron chi connectivity index (χ0n) is 12.0. The number of aromatic nitrogens is 3. The molecule has 3 rings (SSSR count). The fourth-order valence-electron chi connectivity index (χ4n) is 2.09. The third kappa shape index (κ3) is 3.46. The maximum Gasteiger partial charge on any atom is 0.202 e. The SMILES string of the molecule is Cc1nc(C)c(CCNc2nc(-c3ccccc3)ns2)s1. The van der Waals surface area contributed by atoms with Gasteiger partial charge in [0.2, 0.25) is 5.13 Å². The maximum atomic E-state index is 4.52. The molecule has 0 saturated carbocycles. The molecule has 0 atom stereocenters. The molecule has 0 saturated heterocycles. The number of benzene rings is 1. The molecule has 21 heavy (non-hydrogen) atoms. The van der Waals surface area contributed by atoms with Crippen LogP contribution in [-0.2, 0) is 6.42 Å². The first-order valence-electron chi connectivity index (χ1n) is 6.78. The molecule has 0 aliphatic rings. The summed E-state index contributed by atoms with van der Waals surface area (Å²) in [4.78, 5) is 10.3. The Balaban J connectivity index is 1.59. The second kappa shape index (κ2) is 6.32. The number of thiazole rings is 1. The molecular formula is C15H16N4S2. The van der Waals surface area contributed by atoms with E-state index in [0.29, 0.717) is 0 Å². The van der Waals surface area contributed by atoms with Crippen molar-refractivity contribution in [2.45, 2.75) is 20.3 Å². The summed E-state index contributed by atoms with van der Waals surface area (Å²) in [6, 6.07) is 10.0. The Morgan fingerprint density at radius 3 is 2.62 bits per heavy atom. The van der Waals surface area contributed by atoms with Crippen LogP contribution in [0.15, 0.2) is 30.3 Å². The molecular weight excluding hydrogens is 300 g/mol. The van der Waals surface area contributed by atoms with Gasteiger partial charge in [-0.2, -0.15) is 9.36 Å². The Bertz CT molecular complexity index is 718. The number of hydrogen-bond acceptors (Lipinski definition) is 6. The summed E-state index contributed by atoms with van der Waals surface area (Å²) in [6.45, 7) is 4.97. The molecule has 2 aromatic heterocycles. The lowest BCUT2D eigenvalue weighted by Gasteiger charge is -2.00. The van der Waals surface area contributed by atoms with Gasteiger partial charge in [-0.1, -0.05) is 30.3 Å². The second-order valence-corrected chi connectivity index (χ2v) is 6.75. The van der Waals surface area contributed by atoms with Gasteiger partial charge in [-0.25, -0.2) is 4.98 Å². The fourth-order valence-corrected chi connectivity index (χ4v) is 3.64. The van der Waals surface area contributed by atoms with Gasteiger partial charge in [0, 0.05) is 34.9 Å². The molecule has 6 heteroatoms. The standard InChI is InChI=1S/C15H16N4S2/c1-10-13(20-11(2)17-10)8-9-16-15-18-14(19-21-15)12-6-4-3-5-7-12/h3-7H,8-9H2,1-2H3,(H,16,18,19). The van der Waals surface area contributed by atoms with Crippen molar-refractivity contribution in [2.24, 2.45) is 0 Å². The minimum absolute atomic E-state index is 0.785. The van der Waals surface area contributed by atoms with E-state index in [1.165, 1.54) is 16.4 Å². The van der Waals surface area contributed by atoms with Crippen molar-refractivity contribution in [1.82, 2.24) is 14.3 Å². The van der Waals surface area contributed by atoms with Gasteiger partial charge in [0.25, 0.3) is 0 Å². The predicted octanol–water partition coefficient (Wildman–Crippen LogP) is 3.93. The Morgan fingerprint density at radius 2 is 1.90 bits per heavy atom. The van der Waals surface area contributed by atoms with Crippen LogP contribution < -0.4 is 5.32 Å². The van der Waals surface area contributed by atoms with Gasteiger partial charge >= 0.3 is 0 Å². The summed E-state index contributed by atoms with van der Waals surface area (Å²) in [5.41, 5.74) is 2.19. The molecule has 0 unspecified atom stereocenters. The lowest BCUT2D eigenvalue weighted by Crippen LogP contribution is -2.04. The molecule has 0 radical (unpaired) electrons. The third-order valence-electron chi connectivity index (χ3n) is 3.09. The molecule has 3 aromatic rings. The maximum absolute atomic E-state index is 4.52. The van der Waals surface area contributed by atoms with E-state index < -0.39 is 0 Å². The molecule has 0 amide bonds. The molecule has 0 fully saturated rings. The number of hydrogen-bond donors (Lipinski definition) is 1. The van der Waals surface area contributed by atoms with E-state index in [4.69, 9.17) is 0 Å². The largest absolute Gasteiger partial charge is 0.360 e. The summed E-state index contributed by atoms with van der Waals surface area (Å²) in [7, 11) is 0. The average molecular weight is 316 g/mol. The van der Waals surface area contributed by atoms with E-state index >= 15 is 0 Å². The van der Waals surface area contributed by atoms with E-state index in [1.807, 2.05) is 37.3 Å². The first kappa shape index (κ1) is 14.2. The van der Waals surface area contributed by atoms with Crippen molar-refractivity contribution in [3.63, 3.8) is 0 Å². The van der Waals surface area contributed by atoms with Gasteiger partial charge in [0.15, 0.2) is 5.82 Å². The lowest BCUT2D eigenvalue weighted by atomic mass is 10.2.